The van der Waals surface area contributed by atoms with Gasteiger partial charge in [-0.25, -0.2) is 4.39 Å². The lowest BCUT2D eigenvalue weighted by Crippen LogP contribution is -2.46. The molecule has 134 valence electrons. The zero-order valence-electron chi connectivity index (χ0n) is 14.3. The van der Waals surface area contributed by atoms with Gasteiger partial charge < -0.3 is 14.2 Å². The molecule has 7 nitrogen and oxygen atoms in total. The summed E-state index contributed by atoms with van der Waals surface area (Å²) in [5, 5.41) is 12.1. The minimum absolute atomic E-state index is 0.00180. The summed E-state index contributed by atoms with van der Waals surface area (Å²) in [5.41, 5.74) is 1.26. The molecule has 1 aromatic carbocycles. The Labute approximate surface area is 148 Å². The summed E-state index contributed by atoms with van der Waals surface area (Å²) in [4.78, 5) is 13.5. The molecule has 2 unspecified atom stereocenters. The first-order chi connectivity index (χ1) is 12.6. The van der Waals surface area contributed by atoms with Crippen LogP contribution in [-0.2, 0) is 4.74 Å². The molecule has 4 rings (SSSR count). The molecule has 0 radical (unpaired) electrons. The van der Waals surface area contributed by atoms with Crippen molar-refractivity contribution < 1.29 is 18.4 Å². The van der Waals surface area contributed by atoms with Gasteiger partial charge in [-0.2, -0.15) is 5.10 Å². The number of carbonyl (C=O) groups excluding carboxylic acids is 1. The second-order valence-electron chi connectivity index (χ2n) is 6.43. The van der Waals surface area contributed by atoms with Gasteiger partial charge in [0.2, 0.25) is 5.58 Å². The molecule has 8 heteroatoms. The lowest BCUT2D eigenvalue weighted by atomic mass is 10.0. The molecule has 2 aromatic heterocycles. The summed E-state index contributed by atoms with van der Waals surface area (Å²) in [5.74, 6) is -0.603. The minimum atomic E-state index is -0.603. The largest absolute Gasteiger partial charge is 0.372 e. The number of morpholine rings is 1. The standard InChI is InChI=1S/C18H17FN4O3/c1-10-7-23(8-11(2)25-10)17-12(9-24)6-13-16(14-4-3-5-20-21-14)22-26-18(13)15(17)19/h3-6,9-11H,7-8H2,1-2H3. The highest BCUT2D eigenvalue weighted by molar-refractivity contribution is 5.99. The Morgan fingerprint density at radius 1 is 1.31 bits per heavy atom. The smallest absolute Gasteiger partial charge is 0.205 e. The van der Waals surface area contributed by atoms with Gasteiger partial charge in [-0.3, -0.25) is 4.79 Å². The molecule has 3 aromatic rings. The first-order valence-electron chi connectivity index (χ1n) is 8.34. The van der Waals surface area contributed by atoms with E-state index in [2.05, 4.69) is 15.4 Å². The van der Waals surface area contributed by atoms with Crippen molar-refractivity contribution in [2.45, 2.75) is 26.1 Å². The summed E-state index contributed by atoms with van der Waals surface area (Å²) < 4.78 is 26.2. The molecule has 1 fully saturated rings. The second-order valence-corrected chi connectivity index (χ2v) is 6.43. The van der Waals surface area contributed by atoms with Crippen LogP contribution in [0.25, 0.3) is 22.4 Å². The molecule has 0 spiro atoms. The number of fused-ring (bicyclic) bond motifs is 1. The number of halogens is 1. The van der Waals surface area contributed by atoms with Crippen molar-refractivity contribution in [1.82, 2.24) is 15.4 Å². The lowest BCUT2D eigenvalue weighted by molar-refractivity contribution is -0.00543. The molecule has 0 saturated carbocycles. The Kier molecular flexibility index (Phi) is 4.12. The highest BCUT2D eigenvalue weighted by atomic mass is 19.1. The average molecular weight is 356 g/mol. The van der Waals surface area contributed by atoms with Crippen LogP contribution in [0.15, 0.2) is 28.9 Å². The Morgan fingerprint density at radius 3 is 2.73 bits per heavy atom. The molecule has 1 aliphatic rings. The number of hydrogen-bond donors (Lipinski definition) is 0. The Bertz CT molecular complexity index is 950. The fourth-order valence-corrected chi connectivity index (χ4v) is 3.43. The van der Waals surface area contributed by atoms with Gasteiger partial charge in [0.05, 0.1) is 23.3 Å². The summed E-state index contributed by atoms with van der Waals surface area (Å²) in [6, 6.07) is 4.98. The number of nitrogens with zero attached hydrogens (tertiary/aromatic N) is 4. The van der Waals surface area contributed by atoms with Crippen LogP contribution >= 0.6 is 0 Å². The highest BCUT2D eigenvalue weighted by Crippen LogP contribution is 2.36. The molecule has 0 aliphatic carbocycles. The molecule has 1 aliphatic heterocycles. The van der Waals surface area contributed by atoms with Crippen molar-refractivity contribution in [3.05, 3.63) is 35.8 Å². The maximum atomic E-state index is 15.3. The summed E-state index contributed by atoms with van der Waals surface area (Å²) in [7, 11) is 0. The van der Waals surface area contributed by atoms with Gasteiger partial charge >= 0.3 is 0 Å². The van der Waals surface area contributed by atoms with Crippen LogP contribution in [-0.4, -0.2) is 46.9 Å². The van der Waals surface area contributed by atoms with E-state index in [9.17, 15) is 4.79 Å². The van der Waals surface area contributed by atoms with Crippen molar-refractivity contribution in [3.63, 3.8) is 0 Å². The number of aldehydes is 1. The van der Waals surface area contributed by atoms with Crippen molar-refractivity contribution in [2.75, 3.05) is 18.0 Å². The van der Waals surface area contributed by atoms with E-state index in [4.69, 9.17) is 9.26 Å². The topological polar surface area (TPSA) is 81.4 Å². The second kappa shape index (κ2) is 6.45. The number of ether oxygens (including phenoxy) is 1. The predicted octanol–water partition coefficient (Wildman–Crippen LogP) is 2.85. The van der Waals surface area contributed by atoms with Gasteiger partial charge in [0.1, 0.15) is 11.4 Å². The zero-order chi connectivity index (χ0) is 18.3. The number of rotatable bonds is 3. The Balaban J connectivity index is 1.88. The van der Waals surface area contributed by atoms with Crippen molar-refractivity contribution >= 4 is 22.9 Å². The van der Waals surface area contributed by atoms with E-state index in [1.807, 2.05) is 18.7 Å². The van der Waals surface area contributed by atoms with Gasteiger partial charge in [-0.1, -0.05) is 5.16 Å². The van der Waals surface area contributed by atoms with Crippen LogP contribution in [0.1, 0.15) is 24.2 Å². The van der Waals surface area contributed by atoms with Gasteiger partial charge in [0.15, 0.2) is 12.1 Å². The number of carbonyl (C=O) groups is 1. The van der Waals surface area contributed by atoms with E-state index in [0.29, 0.717) is 36.1 Å². The first-order valence-corrected chi connectivity index (χ1v) is 8.34. The van der Waals surface area contributed by atoms with E-state index >= 15 is 4.39 Å². The van der Waals surface area contributed by atoms with Gasteiger partial charge in [0.25, 0.3) is 0 Å². The summed E-state index contributed by atoms with van der Waals surface area (Å²) >= 11 is 0. The highest BCUT2D eigenvalue weighted by Gasteiger charge is 2.29. The quantitative estimate of drug-likeness (QED) is 0.668. The minimum Gasteiger partial charge on any atom is -0.372 e. The van der Waals surface area contributed by atoms with Crippen molar-refractivity contribution in [3.8, 4) is 11.4 Å². The van der Waals surface area contributed by atoms with E-state index < -0.39 is 5.82 Å². The number of aromatic nitrogens is 3. The third kappa shape index (κ3) is 2.72. The molecule has 0 amide bonds. The zero-order valence-corrected chi connectivity index (χ0v) is 14.3. The van der Waals surface area contributed by atoms with Crippen LogP contribution in [0.2, 0.25) is 0 Å². The maximum Gasteiger partial charge on any atom is 0.205 e. The molecule has 3 heterocycles. The van der Waals surface area contributed by atoms with Crippen molar-refractivity contribution in [2.24, 2.45) is 0 Å². The third-order valence-electron chi connectivity index (χ3n) is 4.39. The molecular weight excluding hydrogens is 339 g/mol. The van der Waals surface area contributed by atoms with Crippen LogP contribution in [0.5, 0.6) is 0 Å². The first kappa shape index (κ1) is 16.6. The van der Waals surface area contributed by atoms with Gasteiger partial charge in [-0.05, 0) is 32.0 Å². The monoisotopic (exact) mass is 356 g/mol. The average Bonchev–Trinajstić information content (AvgIpc) is 3.05. The van der Waals surface area contributed by atoms with Crippen LogP contribution in [0.4, 0.5) is 10.1 Å². The molecular formula is C18H17FN4O3. The number of anilines is 1. The molecule has 1 saturated heterocycles. The predicted molar refractivity (Wildman–Crippen MR) is 92.6 cm³/mol. The van der Waals surface area contributed by atoms with Crippen LogP contribution < -0.4 is 4.90 Å². The van der Waals surface area contributed by atoms with Gasteiger partial charge in [0, 0.05) is 24.8 Å². The van der Waals surface area contributed by atoms with Crippen LogP contribution in [0.3, 0.4) is 0 Å². The van der Waals surface area contributed by atoms with Crippen molar-refractivity contribution in [1.29, 1.82) is 0 Å². The summed E-state index contributed by atoms with van der Waals surface area (Å²) in [6.07, 6.45) is 2.04. The Hall–Kier alpha value is -2.87. The van der Waals surface area contributed by atoms with E-state index in [0.717, 1.165) is 0 Å². The fraction of sp³-hybridized carbons (Fsp3) is 0.333. The Morgan fingerprint density at radius 2 is 2.08 bits per heavy atom. The van der Waals surface area contributed by atoms with E-state index in [1.54, 1.807) is 18.2 Å². The third-order valence-corrected chi connectivity index (χ3v) is 4.39. The summed E-state index contributed by atoms with van der Waals surface area (Å²) in [6.45, 7) is 4.80. The number of hydrogen-bond acceptors (Lipinski definition) is 7. The molecule has 0 N–H and O–H groups in total. The molecule has 0 bridgehead atoms. The maximum absolute atomic E-state index is 15.3. The molecule has 2 atom stereocenters. The SMILES string of the molecule is CC1CN(c2c(C=O)cc3c(-c4cccnn4)noc3c2F)CC(C)O1. The molecule has 26 heavy (non-hydrogen) atoms. The number of benzene rings is 1. The van der Waals surface area contributed by atoms with E-state index in [1.165, 1.54) is 6.20 Å². The lowest BCUT2D eigenvalue weighted by Gasteiger charge is -2.37. The van der Waals surface area contributed by atoms with Gasteiger partial charge in [-0.15, -0.1) is 5.10 Å². The normalized spacial score (nSPS) is 20.5. The van der Waals surface area contributed by atoms with E-state index in [-0.39, 0.29) is 29.0 Å². The fourth-order valence-electron chi connectivity index (χ4n) is 3.43. The van der Waals surface area contributed by atoms with Crippen LogP contribution in [0, 0.1) is 5.82 Å².